The van der Waals surface area contributed by atoms with Crippen LogP contribution in [0.5, 0.6) is 5.75 Å². The fourth-order valence-corrected chi connectivity index (χ4v) is 1.74. The minimum absolute atomic E-state index is 0.608. The Morgan fingerprint density at radius 1 is 1.00 bits per heavy atom. The Morgan fingerprint density at radius 3 is 2.14 bits per heavy atom. The van der Waals surface area contributed by atoms with Crippen LogP contribution in [0.3, 0.4) is 0 Å². The SMILES string of the molecule is C=CCCCOc1ccc(N=Nc2ccc(C#N)cc2)cc1. The first-order valence-electron chi connectivity index (χ1n) is 7.07. The molecule has 0 aliphatic heterocycles. The Bertz CT molecular complexity index is 667. The van der Waals surface area contributed by atoms with Crippen LogP contribution in [0.25, 0.3) is 0 Å². The molecule has 0 aromatic heterocycles. The molecule has 0 bridgehead atoms. The summed E-state index contributed by atoms with van der Waals surface area (Å²) in [4.78, 5) is 0. The van der Waals surface area contributed by atoms with Crippen molar-refractivity contribution in [2.24, 2.45) is 10.2 Å². The molecular formula is C18H17N3O. The summed E-state index contributed by atoms with van der Waals surface area (Å²) in [6.07, 6.45) is 3.80. The van der Waals surface area contributed by atoms with Gasteiger partial charge in [0.25, 0.3) is 0 Å². The Hall–Kier alpha value is -2.93. The summed E-state index contributed by atoms with van der Waals surface area (Å²) in [5, 5.41) is 17.0. The second-order valence-electron chi connectivity index (χ2n) is 4.63. The fourth-order valence-electron chi connectivity index (χ4n) is 1.74. The van der Waals surface area contributed by atoms with Crippen molar-refractivity contribution in [1.29, 1.82) is 5.26 Å². The third-order valence-corrected chi connectivity index (χ3v) is 2.94. The Balaban J connectivity index is 1.91. The molecule has 4 heteroatoms. The smallest absolute Gasteiger partial charge is 0.119 e. The van der Waals surface area contributed by atoms with E-state index < -0.39 is 0 Å². The molecule has 0 radical (unpaired) electrons. The molecule has 2 rings (SSSR count). The summed E-state index contributed by atoms with van der Waals surface area (Å²) in [5.74, 6) is 0.821. The summed E-state index contributed by atoms with van der Waals surface area (Å²) in [7, 11) is 0. The Kier molecular flexibility index (Phi) is 5.89. The number of hydrogen-bond acceptors (Lipinski definition) is 4. The molecule has 0 fully saturated rings. The molecular weight excluding hydrogens is 274 g/mol. The van der Waals surface area contributed by atoms with Crippen LogP contribution in [0.2, 0.25) is 0 Å². The molecule has 22 heavy (non-hydrogen) atoms. The Labute approximate surface area is 130 Å². The zero-order valence-electron chi connectivity index (χ0n) is 12.3. The van der Waals surface area contributed by atoms with Gasteiger partial charge in [-0.1, -0.05) is 6.08 Å². The van der Waals surface area contributed by atoms with E-state index >= 15 is 0 Å². The maximum atomic E-state index is 8.73. The lowest BCUT2D eigenvalue weighted by molar-refractivity contribution is 0.312. The number of nitriles is 1. The van der Waals surface area contributed by atoms with Crippen LogP contribution in [0.4, 0.5) is 11.4 Å². The van der Waals surface area contributed by atoms with Crippen molar-refractivity contribution < 1.29 is 4.74 Å². The molecule has 0 saturated heterocycles. The highest BCUT2D eigenvalue weighted by atomic mass is 16.5. The van der Waals surface area contributed by atoms with Crippen LogP contribution in [0, 0.1) is 11.3 Å². The van der Waals surface area contributed by atoms with E-state index in [0.717, 1.165) is 24.3 Å². The zero-order valence-corrected chi connectivity index (χ0v) is 12.3. The van der Waals surface area contributed by atoms with Gasteiger partial charge in [0.05, 0.1) is 29.6 Å². The number of rotatable bonds is 7. The highest BCUT2D eigenvalue weighted by molar-refractivity contribution is 5.44. The predicted octanol–water partition coefficient (Wildman–Crippen LogP) is 5.32. The second kappa shape index (κ2) is 8.38. The van der Waals surface area contributed by atoms with Gasteiger partial charge in [0.2, 0.25) is 0 Å². The second-order valence-corrected chi connectivity index (χ2v) is 4.63. The molecule has 0 saturated carbocycles. The van der Waals surface area contributed by atoms with Crippen LogP contribution >= 0.6 is 0 Å². The summed E-state index contributed by atoms with van der Waals surface area (Å²) >= 11 is 0. The highest BCUT2D eigenvalue weighted by Gasteiger charge is 1.95. The van der Waals surface area contributed by atoms with E-state index in [2.05, 4.69) is 22.9 Å². The van der Waals surface area contributed by atoms with Crippen molar-refractivity contribution in [1.82, 2.24) is 0 Å². The molecule has 2 aromatic carbocycles. The van der Waals surface area contributed by atoms with Crippen LogP contribution < -0.4 is 4.74 Å². The number of unbranched alkanes of at least 4 members (excludes halogenated alkanes) is 1. The first-order chi connectivity index (χ1) is 10.8. The van der Waals surface area contributed by atoms with Crippen molar-refractivity contribution in [2.45, 2.75) is 12.8 Å². The number of allylic oxidation sites excluding steroid dienone is 1. The van der Waals surface area contributed by atoms with Crippen molar-refractivity contribution in [3.8, 4) is 11.8 Å². The van der Waals surface area contributed by atoms with E-state index in [-0.39, 0.29) is 0 Å². The number of ether oxygens (including phenoxy) is 1. The minimum atomic E-state index is 0.608. The third-order valence-electron chi connectivity index (χ3n) is 2.94. The monoisotopic (exact) mass is 291 g/mol. The lowest BCUT2D eigenvalue weighted by Crippen LogP contribution is -1.95. The summed E-state index contributed by atoms with van der Waals surface area (Å²) in [5.41, 5.74) is 2.07. The molecule has 4 nitrogen and oxygen atoms in total. The van der Waals surface area contributed by atoms with Crippen molar-refractivity contribution in [2.75, 3.05) is 6.61 Å². The van der Waals surface area contributed by atoms with Gasteiger partial charge in [0.1, 0.15) is 5.75 Å². The van der Waals surface area contributed by atoms with Crippen molar-refractivity contribution in [3.63, 3.8) is 0 Å². The highest BCUT2D eigenvalue weighted by Crippen LogP contribution is 2.21. The van der Waals surface area contributed by atoms with E-state index in [9.17, 15) is 0 Å². The molecule has 0 N–H and O–H groups in total. The van der Waals surface area contributed by atoms with E-state index in [0.29, 0.717) is 17.9 Å². The summed E-state index contributed by atoms with van der Waals surface area (Å²) < 4.78 is 5.60. The van der Waals surface area contributed by atoms with E-state index in [1.165, 1.54) is 0 Å². The van der Waals surface area contributed by atoms with Crippen molar-refractivity contribution in [3.05, 3.63) is 66.7 Å². The number of benzene rings is 2. The van der Waals surface area contributed by atoms with Gasteiger partial charge in [-0.2, -0.15) is 15.5 Å². The normalized spacial score (nSPS) is 10.3. The molecule has 0 aliphatic carbocycles. The molecule has 0 spiro atoms. The maximum absolute atomic E-state index is 8.73. The van der Waals surface area contributed by atoms with Gasteiger partial charge in [0.15, 0.2) is 0 Å². The topological polar surface area (TPSA) is 57.7 Å². The molecule has 2 aromatic rings. The summed E-state index contributed by atoms with van der Waals surface area (Å²) in [6.45, 7) is 4.36. The van der Waals surface area contributed by atoms with Crippen LogP contribution in [-0.2, 0) is 0 Å². The largest absolute Gasteiger partial charge is 0.494 e. The van der Waals surface area contributed by atoms with Gasteiger partial charge in [0, 0.05) is 0 Å². The third kappa shape index (κ3) is 4.88. The van der Waals surface area contributed by atoms with E-state index in [1.807, 2.05) is 30.3 Å². The average molecular weight is 291 g/mol. The zero-order chi connectivity index (χ0) is 15.6. The van der Waals surface area contributed by atoms with E-state index in [4.69, 9.17) is 10.00 Å². The molecule has 0 aliphatic rings. The van der Waals surface area contributed by atoms with Gasteiger partial charge in [-0.05, 0) is 61.4 Å². The number of azo groups is 1. The van der Waals surface area contributed by atoms with Gasteiger partial charge >= 0.3 is 0 Å². The molecule has 110 valence electrons. The van der Waals surface area contributed by atoms with Gasteiger partial charge in [-0.15, -0.1) is 6.58 Å². The number of hydrogen-bond donors (Lipinski definition) is 0. The fraction of sp³-hybridized carbons (Fsp3) is 0.167. The number of nitrogens with zero attached hydrogens (tertiary/aromatic N) is 3. The first kappa shape index (κ1) is 15.5. The molecule has 0 atom stereocenters. The average Bonchev–Trinajstić information content (AvgIpc) is 2.58. The van der Waals surface area contributed by atoms with Gasteiger partial charge in [-0.25, -0.2) is 0 Å². The summed E-state index contributed by atoms with van der Waals surface area (Å²) in [6, 6.07) is 16.5. The molecule has 0 amide bonds. The molecule has 0 unspecified atom stereocenters. The van der Waals surface area contributed by atoms with E-state index in [1.54, 1.807) is 24.3 Å². The van der Waals surface area contributed by atoms with Gasteiger partial charge in [-0.3, -0.25) is 0 Å². The molecule has 0 heterocycles. The quantitative estimate of drug-likeness (QED) is 0.394. The minimum Gasteiger partial charge on any atom is -0.494 e. The lowest BCUT2D eigenvalue weighted by Gasteiger charge is -2.04. The van der Waals surface area contributed by atoms with Crippen LogP contribution in [0.15, 0.2) is 71.4 Å². The van der Waals surface area contributed by atoms with Crippen LogP contribution in [-0.4, -0.2) is 6.61 Å². The van der Waals surface area contributed by atoms with Crippen molar-refractivity contribution >= 4 is 11.4 Å². The first-order valence-corrected chi connectivity index (χ1v) is 7.07. The van der Waals surface area contributed by atoms with Crippen LogP contribution in [0.1, 0.15) is 18.4 Å². The predicted molar refractivity (Wildman–Crippen MR) is 86.7 cm³/mol. The lowest BCUT2D eigenvalue weighted by atomic mass is 10.2. The Morgan fingerprint density at radius 2 is 1.59 bits per heavy atom. The van der Waals surface area contributed by atoms with Gasteiger partial charge < -0.3 is 4.74 Å². The maximum Gasteiger partial charge on any atom is 0.119 e. The standard InChI is InChI=1S/C18H17N3O/c1-2-3-4-13-22-18-11-9-17(10-12-18)21-20-16-7-5-15(14-19)6-8-16/h2,5-12H,1,3-4,13H2.